The largest absolute Gasteiger partial charge is 0.329 e. The van der Waals surface area contributed by atoms with E-state index in [-0.39, 0.29) is 7.43 Å². The van der Waals surface area contributed by atoms with Crippen LogP contribution in [0.25, 0.3) is 11.0 Å². The number of hydrogen-bond acceptors (Lipinski definition) is 3. The molecule has 0 aliphatic carbocycles. The van der Waals surface area contributed by atoms with Gasteiger partial charge in [0.05, 0.1) is 0 Å². The molecular weight excluding hydrogens is 296 g/mol. The zero-order valence-corrected chi connectivity index (χ0v) is 13.8. The van der Waals surface area contributed by atoms with Crippen molar-refractivity contribution in [3.63, 3.8) is 0 Å². The minimum absolute atomic E-state index is 0. The lowest BCUT2D eigenvalue weighted by Crippen LogP contribution is -2.27. The number of hydrogen-bond donors (Lipinski definition) is 0. The minimum Gasteiger partial charge on any atom is -0.329 e. The molecule has 24 heavy (non-hydrogen) atoms. The number of aryl methyl sites for hydroxylation is 3. The lowest BCUT2D eigenvalue weighted by atomic mass is 10.1. The third-order valence-electron chi connectivity index (χ3n) is 4.79. The maximum absolute atomic E-state index is 4.76. The Morgan fingerprint density at radius 2 is 2.00 bits per heavy atom. The fourth-order valence-corrected chi connectivity index (χ4v) is 3.58. The van der Waals surface area contributed by atoms with Gasteiger partial charge in [-0.05, 0) is 55.3 Å². The molecule has 3 aromatic rings. The summed E-state index contributed by atoms with van der Waals surface area (Å²) in [6.07, 6.45) is 7.85. The van der Waals surface area contributed by atoms with Crippen LogP contribution in [0.2, 0.25) is 0 Å². The van der Waals surface area contributed by atoms with Gasteiger partial charge >= 0.3 is 0 Å². The molecule has 4 nitrogen and oxygen atoms in total. The molecule has 4 heterocycles. The van der Waals surface area contributed by atoms with Gasteiger partial charge < -0.3 is 9.47 Å². The molecule has 0 fully saturated rings. The highest BCUT2D eigenvalue weighted by Crippen LogP contribution is 2.30. The second-order valence-electron chi connectivity index (χ2n) is 6.55. The van der Waals surface area contributed by atoms with Crippen molar-refractivity contribution in [3.8, 4) is 0 Å². The smallest absolute Gasteiger partial charge is 0.140 e. The second-order valence-corrected chi connectivity index (χ2v) is 6.55. The Kier molecular flexibility index (Phi) is 4.67. The third-order valence-corrected chi connectivity index (χ3v) is 4.79. The average molecular weight is 322 g/mol. The lowest BCUT2D eigenvalue weighted by molar-refractivity contribution is 0.309. The van der Waals surface area contributed by atoms with Crippen LogP contribution in [0.1, 0.15) is 29.8 Å². The summed E-state index contributed by atoms with van der Waals surface area (Å²) in [5.74, 6) is 0. The number of nitrogens with zero attached hydrogens (tertiary/aromatic N) is 4. The summed E-state index contributed by atoms with van der Waals surface area (Å²) < 4.78 is 2.44. The van der Waals surface area contributed by atoms with E-state index >= 15 is 0 Å². The predicted octanol–water partition coefficient (Wildman–Crippen LogP) is 3.61. The summed E-state index contributed by atoms with van der Waals surface area (Å²) in [5, 5.41) is 1.33. The van der Waals surface area contributed by atoms with Crippen molar-refractivity contribution in [2.75, 3.05) is 13.6 Å². The summed E-state index contributed by atoms with van der Waals surface area (Å²) in [6, 6.07) is 6.50. The molecule has 4 heteroatoms. The Bertz CT molecular complexity index is 836. The molecule has 0 saturated heterocycles. The normalized spacial score (nSPS) is 14.4. The van der Waals surface area contributed by atoms with Crippen LogP contribution in [-0.4, -0.2) is 33.0 Å². The first kappa shape index (κ1) is 16.7. The Hall–Kier alpha value is -2.20. The van der Waals surface area contributed by atoms with E-state index < -0.39 is 0 Å². The van der Waals surface area contributed by atoms with Crippen molar-refractivity contribution in [2.45, 2.75) is 40.3 Å². The number of rotatable bonds is 3. The van der Waals surface area contributed by atoms with Crippen molar-refractivity contribution in [2.24, 2.45) is 0 Å². The first-order chi connectivity index (χ1) is 11.2. The van der Waals surface area contributed by atoms with Crippen LogP contribution in [0.4, 0.5) is 0 Å². The molecule has 0 aromatic carbocycles. The summed E-state index contributed by atoms with van der Waals surface area (Å²) in [6.45, 7) is 5.26. The van der Waals surface area contributed by atoms with Gasteiger partial charge in [-0.2, -0.15) is 0 Å². The maximum Gasteiger partial charge on any atom is 0.140 e. The van der Waals surface area contributed by atoms with Crippen LogP contribution in [0, 0.1) is 6.92 Å². The molecule has 126 valence electrons. The van der Waals surface area contributed by atoms with Gasteiger partial charge in [-0.25, -0.2) is 4.98 Å². The summed E-state index contributed by atoms with van der Waals surface area (Å²) in [7, 11) is 2.20. The van der Waals surface area contributed by atoms with Gasteiger partial charge in [-0.1, -0.05) is 7.43 Å². The first-order valence-corrected chi connectivity index (χ1v) is 8.26. The van der Waals surface area contributed by atoms with E-state index in [0.717, 1.165) is 38.1 Å². The highest BCUT2D eigenvalue weighted by molar-refractivity contribution is 5.83. The maximum atomic E-state index is 4.76. The average Bonchev–Trinajstić information content (AvgIpc) is 2.86. The topological polar surface area (TPSA) is 34.0 Å². The monoisotopic (exact) mass is 322 g/mol. The highest BCUT2D eigenvalue weighted by atomic mass is 15.1. The van der Waals surface area contributed by atoms with E-state index in [1.54, 1.807) is 0 Å². The molecule has 4 rings (SSSR count). The SMILES string of the molecule is C.Cc1cnc2c(c1)c1c(n2CCc2ccncc2)CCN(C)C1. The summed E-state index contributed by atoms with van der Waals surface area (Å²) in [4.78, 5) is 11.3. The van der Waals surface area contributed by atoms with E-state index in [2.05, 4.69) is 46.6 Å². The molecule has 0 saturated carbocycles. The van der Waals surface area contributed by atoms with Crippen molar-refractivity contribution in [1.29, 1.82) is 0 Å². The Balaban J connectivity index is 0.00000169. The fourth-order valence-electron chi connectivity index (χ4n) is 3.58. The third kappa shape index (κ3) is 2.94. The van der Waals surface area contributed by atoms with Crippen molar-refractivity contribution in [3.05, 3.63) is 59.2 Å². The van der Waals surface area contributed by atoms with E-state index in [4.69, 9.17) is 4.98 Å². The molecule has 1 aliphatic rings. The van der Waals surface area contributed by atoms with Crippen LogP contribution >= 0.6 is 0 Å². The quantitative estimate of drug-likeness (QED) is 0.739. The zero-order valence-electron chi connectivity index (χ0n) is 13.8. The minimum atomic E-state index is 0. The van der Waals surface area contributed by atoms with Gasteiger partial charge in [0.1, 0.15) is 5.65 Å². The molecule has 0 N–H and O–H groups in total. The van der Waals surface area contributed by atoms with Gasteiger partial charge in [0.15, 0.2) is 0 Å². The van der Waals surface area contributed by atoms with Crippen molar-refractivity contribution >= 4 is 11.0 Å². The van der Waals surface area contributed by atoms with Gasteiger partial charge in [0.2, 0.25) is 0 Å². The number of fused-ring (bicyclic) bond motifs is 3. The van der Waals surface area contributed by atoms with Gasteiger partial charge in [0.25, 0.3) is 0 Å². The molecule has 0 spiro atoms. The second kappa shape index (κ2) is 6.73. The molecule has 0 amide bonds. The lowest BCUT2D eigenvalue weighted by Gasteiger charge is -2.24. The van der Waals surface area contributed by atoms with Crippen LogP contribution in [0.5, 0.6) is 0 Å². The molecule has 0 bridgehead atoms. The van der Waals surface area contributed by atoms with Crippen molar-refractivity contribution in [1.82, 2.24) is 19.4 Å². The van der Waals surface area contributed by atoms with Gasteiger partial charge in [0, 0.05) is 55.7 Å². The van der Waals surface area contributed by atoms with E-state index in [9.17, 15) is 0 Å². The Morgan fingerprint density at radius 3 is 2.79 bits per heavy atom. The highest BCUT2D eigenvalue weighted by Gasteiger charge is 2.22. The van der Waals surface area contributed by atoms with E-state index in [1.807, 2.05) is 18.6 Å². The summed E-state index contributed by atoms with van der Waals surface area (Å²) >= 11 is 0. The molecule has 3 aromatic heterocycles. The van der Waals surface area contributed by atoms with Crippen LogP contribution < -0.4 is 0 Å². The van der Waals surface area contributed by atoms with Gasteiger partial charge in [-0.3, -0.25) is 4.98 Å². The summed E-state index contributed by atoms with van der Waals surface area (Å²) in [5.41, 5.74) is 6.66. The van der Waals surface area contributed by atoms with E-state index in [1.165, 1.54) is 27.8 Å². The Morgan fingerprint density at radius 1 is 1.21 bits per heavy atom. The van der Waals surface area contributed by atoms with Crippen LogP contribution in [0.3, 0.4) is 0 Å². The number of aromatic nitrogens is 3. The Labute approximate surface area is 144 Å². The van der Waals surface area contributed by atoms with E-state index in [0.29, 0.717) is 0 Å². The number of likely N-dealkylation sites (N-methyl/N-ethyl adjacent to an activating group) is 1. The predicted molar refractivity (Wildman–Crippen MR) is 99.2 cm³/mol. The number of pyridine rings is 2. The zero-order chi connectivity index (χ0) is 15.8. The molecular formula is C20H26N4. The van der Waals surface area contributed by atoms with Crippen molar-refractivity contribution < 1.29 is 0 Å². The molecule has 1 aliphatic heterocycles. The standard InChI is InChI=1S/C19H22N4.CH4/c1-14-11-16-17-13-22(2)9-6-18(17)23(19(16)21-12-14)10-5-15-3-7-20-8-4-15;/h3-4,7-8,11-12H,5-6,9-10,13H2,1-2H3;1H4. The molecule has 0 atom stereocenters. The molecule has 0 radical (unpaired) electrons. The van der Waals surface area contributed by atoms with Gasteiger partial charge in [-0.15, -0.1) is 0 Å². The van der Waals surface area contributed by atoms with Crippen LogP contribution in [0.15, 0.2) is 36.8 Å². The molecule has 0 unspecified atom stereocenters. The first-order valence-electron chi connectivity index (χ1n) is 8.26. The van der Waals surface area contributed by atoms with Crippen LogP contribution in [-0.2, 0) is 25.9 Å². The fraction of sp³-hybridized carbons (Fsp3) is 0.400.